The van der Waals surface area contributed by atoms with Gasteiger partial charge < -0.3 is 9.64 Å². The van der Waals surface area contributed by atoms with Gasteiger partial charge in [-0.3, -0.25) is 0 Å². The van der Waals surface area contributed by atoms with E-state index in [2.05, 4.69) is 5.92 Å². The summed E-state index contributed by atoms with van der Waals surface area (Å²) in [4.78, 5) is 13.6. The fraction of sp³-hybridized carbons (Fsp3) is 0.769. The molecule has 0 spiro atoms. The molecule has 0 radical (unpaired) electrons. The van der Waals surface area contributed by atoms with Gasteiger partial charge in [0.25, 0.3) is 0 Å². The predicted molar refractivity (Wildman–Crippen MR) is 61.8 cm³/mol. The van der Waals surface area contributed by atoms with Crippen molar-refractivity contribution in [1.82, 2.24) is 4.90 Å². The molecule has 3 heteroatoms. The molecule has 1 heterocycles. The van der Waals surface area contributed by atoms with Gasteiger partial charge in [0.1, 0.15) is 5.60 Å². The molecule has 2 atom stereocenters. The average molecular weight is 221 g/mol. The topological polar surface area (TPSA) is 29.5 Å². The molecule has 0 aromatic heterocycles. The summed E-state index contributed by atoms with van der Waals surface area (Å²) in [6.07, 6.45) is 7.31. The smallest absolute Gasteiger partial charge is 0.410 e. The lowest BCUT2D eigenvalue weighted by Gasteiger charge is -2.31. The maximum atomic E-state index is 11.8. The lowest BCUT2D eigenvalue weighted by Crippen LogP contribution is -2.42. The number of hydrogen-bond acceptors (Lipinski definition) is 2. The molecule has 16 heavy (non-hydrogen) atoms. The number of nitrogens with zero attached hydrogens (tertiary/aromatic N) is 1. The van der Waals surface area contributed by atoms with E-state index in [0.717, 1.165) is 25.9 Å². The number of ether oxygens (including phenoxy) is 1. The molecule has 3 nitrogen and oxygen atoms in total. The minimum absolute atomic E-state index is 0.110. The molecule has 2 rings (SSSR count). The van der Waals surface area contributed by atoms with Crippen molar-refractivity contribution in [3.8, 4) is 12.3 Å². The Morgan fingerprint density at radius 2 is 2.25 bits per heavy atom. The number of amides is 1. The van der Waals surface area contributed by atoms with Gasteiger partial charge in [0, 0.05) is 18.5 Å². The quantitative estimate of drug-likeness (QED) is 0.587. The summed E-state index contributed by atoms with van der Waals surface area (Å²) >= 11 is 0. The van der Waals surface area contributed by atoms with Crippen LogP contribution in [0.1, 0.15) is 33.6 Å². The first kappa shape index (κ1) is 11.3. The fourth-order valence-electron chi connectivity index (χ4n) is 2.36. The molecule has 1 saturated carbocycles. The zero-order valence-electron chi connectivity index (χ0n) is 10.2. The average Bonchev–Trinajstić information content (AvgIpc) is 2.88. The van der Waals surface area contributed by atoms with E-state index in [-0.39, 0.29) is 11.5 Å². The van der Waals surface area contributed by atoms with E-state index in [1.165, 1.54) is 0 Å². The second-order valence-corrected chi connectivity index (χ2v) is 5.88. The van der Waals surface area contributed by atoms with E-state index in [4.69, 9.17) is 11.2 Å². The van der Waals surface area contributed by atoms with Crippen LogP contribution in [0.25, 0.3) is 0 Å². The van der Waals surface area contributed by atoms with E-state index in [1.807, 2.05) is 20.8 Å². The second kappa shape index (κ2) is 3.41. The van der Waals surface area contributed by atoms with Crippen molar-refractivity contribution in [2.45, 2.75) is 39.2 Å². The van der Waals surface area contributed by atoms with Crippen LogP contribution < -0.4 is 0 Å². The van der Waals surface area contributed by atoms with Crippen molar-refractivity contribution >= 4 is 6.09 Å². The molecule has 0 aromatic carbocycles. The van der Waals surface area contributed by atoms with Gasteiger partial charge in [-0.25, -0.2) is 4.79 Å². The van der Waals surface area contributed by atoms with Gasteiger partial charge in [0.05, 0.1) is 0 Å². The standard InChI is InChI=1S/C13H19NO2/c1-5-13-6-7-14(9-10(13)8-13)11(15)16-12(2,3)4/h1,10H,6-9H2,2-4H3. The minimum atomic E-state index is -0.415. The second-order valence-electron chi connectivity index (χ2n) is 5.88. The van der Waals surface area contributed by atoms with Gasteiger partial charge in [-0.05, 0) is 39.5 Å². The summed E-state index contributed by atoms with van der Waals surface area (Å²) in [6, 6.07) is 0. The van der Waals surface area contributed by atoms with Crippen LogP contribution in [-0.4, -0.2) is 29.7 Å². The lowest BCUT2D eigenvalue weighted by atomic mass is 9.97. The van der Waals surface area contributed by atoms with Gasteiger partial charge >= 0.3 is 6.09 Å². The molecule has 0 bridgehead atoms. The van der Waals surface area contributed by atoms with Crippen LogP contribution in [-0.2, 0) is 4.74 Å². The van der Waals surface area contributed by atoms with Gasteiger partial charge in [-0.2, -0.15) is 0 Å². The van der Waals surface area contributed by atoms with Crippen LogP contribution in [0.5, 0.6) is 0 Å². The molecule has 2 unspecified atom stereocenters. The SMILES string of the molecule is C#CC12CCN(C(=O)OC(C)(C)C)CC1C2. The number of hydrogen-bond donors (Lipinski definition) is 0. The van der Waals surface area contributed by atoms with E-state index < -0.39 is 5.60 Å². The molecule has 1 aliphatic carbocycles. The molecule has 0 N–H and O–H groups in total. The van der Waals surface area contributed by atoms with Crippen LogP contribution in [0.15, 0.2) is 0 Å². The zero-order valence-corrected chi connectivity index (χ0v) is 10.2. The van der Waals surface area contributed by atoms with E-state index in [1.54, 1.807) is 4.90 Å². The Labute approximate surface area is 97.1 Å². The molecule has 0 aromatic rings. The number of piperidine rings is 1. The highest BCUT2D eigenvalue weighted by molar-refractivity contribution is 5.68. The highest BCUT2D eigenvalue weighted by atomic mass is 16.6. The fourth-order valence-corrected chi connectivity index (χ4v) is 2.36. The lowest BCUT2D eigenvalue weighted by molar-refractivity contribution is 0.0194. The van der Waals surface area contributed by atoms with Crippen molar-refractivity contribution in [2.24, 2.45) is 11.3 Å². The predicted octanol–water partition coefficient (Wildman–Crippen LogP) is 2.27. The summed E-state index contributed by atoms with van der Waals surface area (Å²) in [5.41, 5.74) is -0.306. The molecule has 2 fully saturated rings. The van der Waals surface area contributed by atoms with Gasteiger partial charge in [0.2, 0.25) is 0 Å². The normalized spacial score (nSPS) is 32.6. The third-order valence-electron chi connectivity index (χ3n) is 3.44. The molecular formula is C13H19NO2. The van der Waals surface area contributed by atoms with Gasteiger partial charge in [-0.15, -0.1) is 6.42 Å². The molecule has 1 saturated heterocycles. The summed E-state index contributed by atoms with van der Waals surface area (Å²) < 4.78 is 5.35. The van der Waals surface area contributed by atoms with E-state index in [0.29, 0.717) is 5.92 Å². The Hall–Kier alpha value is -1.17. The van der Waals surface area contributed by atoms with Crippen molar-refractivity contribution in [1.29, 1.82) is 0 Å². The Balaban J connectivity index is 1.90. The summed E-state index contributed by atoms with van der Waals surface area (Å²) in [5.74, 6) is 3.38. The monoisotopic (exact) mass is 221 g/mol. The molecule has 88 valence electrons. The molecule has 1 aliphatic heterocycles. The number of rotatable bonds is 0. The Kier molecular flexibility index (Phi) is 2.41. The van der Waals surface area contributed by atoms with E-state index in [9.17, 15) is 4.79 Å². The first-order valence-corrected chi connectivity index (χ1v) is 5.82. The maximum absolute atomic E-state index is 11.8. The minimum Gasteiger partial charge on any atom is -0.444 e. The van der Waals surface area contributed by atoms with Crippen LogP contribution in [0, 0.1) is 23.7 Å². The summed E-state index contributed by atoms with van der Waals surface area (Å²) in [7, 11) is 0. The number of fused-ring (bicyclic) bond motifs is 1. The Morgan fingerprint density at radius 1 is 1.56 bits per heavy atom. The van der Waals surface area contributed by atoms with Gasteiger partial charge in [-0.1, -0.05) is 5.92 Å². The molecular weight excluding hydrogens is 202 g/mol. The third kappa shape index (κ3) is 2.02. The first-order valence-electron chi connectivity index (χ1n) is 5.82. The Bertz CT molecular complexity index is 350. The first-order chi connectivity index (χ1) is 7.36. The number of carbonyl (C=O) groups excluding carboxylic acids is 1. The van der Waals surface area contributed by atoms with Gasteiger partial charge in [0.15, 0.2) is 0 Å². The largest absolute Gasteiger partial charge is 0.444 e. The van der Waals surface area contributed by atoms with Crippen molar-refractivity contribution < 1.29 is 9.53 Å². The maximum Gasteiger partial charge on any atom is 0.410 e. The van der Waals surface area contributed by atoms with Crippen LogP contribution in [0.4, 0.5) is 4.79 Å². The molecule has 1 amide bonds. The molecule has 2 aliphatic rings. The van der Waals surface area contributed by atoms with Crippen molar-refractivity contribution in [2.75, 3.05) is 13.1 Å². The van der Waals surface area contributed by atoms with Crippen LogP contribution in [0.2, 0.25) is 0 Å². The number of terminal acetylenes is 1. The third-order valence-corrected chi connectivity index (χ3v) is 3.44. The van der Waals surface area contributed by atoms with E-state index >= 15 is 0 Å². The van der Waals surface area contributed by atoms with Crippen LogP contribution in [0.3, 0.4) is 0 Å². The number of likely N-dealkylation sites (tertiary alicyclic amines) is 1. The summed E-state index contributed by atoms with van der Waals surface area (Å²) in [5, 5.41) is 0. The Morgan fingerprint density at radius 3 is 2.75 bits per heavy atom. The highest BCUT2D eigenvalue weighted by Gasteiger charge is 2.56. The summed E-state index contributed by atoms with van der Waals surface area (Å²) in [6.45, 7) is 7.15. The zero-order chi connectivity index (χ0) is 12.0. The number of carbonyl (C=O) groups is 1. The van der Waals surface area contributed by atoms with Crippen LogP contribution >= 0.6 is 0 Å². The van der Waals surface area contributed by atoms with Crippen molar-refractivity contribution in [3.05, 3.63) is 0 Å². The van der Waals surface area contributed by atoms with Crippen molar-refractivity contribution in [3.63, 3.8) is 0 Å². The highest BCUT2D eigenvalue weighted by Crippen LogP contribution is 2.57.